The summed E-state index contributed by atoms with van der Waals surface area (Å²) in [4.78, 5) is 14.4. The van der Waals surface area contributed by atoms with E-state index in [1.165, 1.54) is 0 Å². The minimum atomic E-state index is 0.101. The SMILES string of the molecule is Nc1cccc2c1CCCN2C(=O)Cc1ccc(Cl)cc1. The standard InChI is InChI=1S/C17H17ClN2O/c18-13-8-6-12(7-9-13)11-17(21)20-10-2-3-14-15(19)4-1-5-16(14)20/h1,4-9H,2-3,10-11,19H2. The maximum absolute atomic E-state index is 12.6. The molecule has 1 aliphatic rings. The number of nitrogens with two attached hydrogens (primary N) is 1. The molecular formula is C17H17ClN2O. The Morgan fingerprint density at radius 1 is 1.19 bits per heavy atom. The van der Waals surface area contributed by atoms with Gasteiger partial charge in [0.15, 0.2) is 0 Å². The van der Waals surface area contributed by atoms with E-state index in [4.69, 9.17) is 17.3 Å². The van der Waals surface area contributed by atoms with Gasteiger partial charge in [0.2, 0.25) is 5.91 Å². The minimum absolute atomic E-state index is 0.101. The van der Waals surface area contributed by atoms with E-state index in [9.17, 15) is 4.79 Å². The van der Waals surface area contributed by atoms with Crippen molar-refractivity contribution in [2.45, 2.75) is 19.3 Å². The average Bonchev–Trinajstić information content (AvgIpc) is 2.49. The third-order valence-electron chi connectivity index (χ3n) is 3.86. The molecule has 1 amide bonds. The fourth-order valence-electron chi connectivity index (χ4n) is 2.78. The monoisotopic (exact) mass is 300 g/mol. The quantitative estimate of drug-likeness (QED) is 0.864. The van der Waals surface area contributed by atoms with E-state index in [1.54, 1.807) is 0 Å². The molecule has 4 heteroatoms. The molecule has 108 valence electrons. The normalized spacial score (nSPS) is 13.9. The first-order valence-corrected chi connectivity index (χ1v) is 7.45. The largest absolute Gasteiger partial charge is 0.398 e. The Kier molecular flexibility index (Phi) is 3.84. The van der Waals surface area contributed by atoms with Crippen molar-refractivity contribution >= 4 is 28.9 Å². The van der Waals surface area contributed by atoms with E-state index in [0.717, 1.165) is 41.9 Å². The van der Waals surface area contributed by atoms with Crippen LogP contribution in [0.5, 0.6) is 0 Å². The zero-order chi connectivity index (χ0) is 14.8. The van der Waals surface area contributed by atoms with Crippen LogP contribution < -0.4 is 10.6 Å². The second-order valence-electron chi connectivity index (χ2n) is 5.30. The third-order valence-corrected chi connectivity index (χ3v) is 4.11. The van der Waals surface area contributed by atoms with Crippen molar-refractivity contribution in [2.24, 2.45) is 0 Å². The number of anilines is 2. The number of rotatable bonds is 2. The zero-order valence-electron chi connectivity index (χ0n) is 11.7. The van der Waals surface area contributed by atoms with Crippen molar-refractivity contribution in [3.63, 3.8) is 0 Å². The first-order valence-electron chi connectivity index (χ1n) is 7.07. The molecule has 0 atom stereocenters. The maximum Gasteiger partial charge on any atom is 0.231 e. The molecule has 3 rings (SSSR count). The number of carbonyl (C=O) groups is 1. The predicted molar refractivity (Wildman–Crippen MR) is 86.7 cm³/mol. The summed E-state index contributed by atoms with van der Waals surface area (Å²) in [5.74, 6) is 0.101. The van der Waals surface area contributed by atoms with E-state index < -0.39 is 0 Å². The molecule has 21 heavy (non-hydrogen) atoms. The summed E-state index contributed by atoms with van der Waals surface area (Å²) in [6.45, 7) is 0.753. The zero-order valence-corrected chi connectivity index (χ0v) is 12.4. The van der Waals surface area contributed by atoms with Gasteiger partial charge in [-0.1, -0.05) is 29.8 Å². The smallest absolute Gasteiger partial charge is 0.231 e. The number of carbonyl (C=O) groups excluding carboxylic acids is 1. The molecule has 2 N–H and O–H groups in total. The summed E-state index contributed by atoms with van der Waals surface area (Å²) >= 11 is 5.87. The van der Waals surface area contributed by atoms with Crippen LogP contribution in [0, 0.1) is 0 Å². The van der Waals surface area contributed by atoms with Crippen LogP contribution in [-0.2, 0) is 17.6 Å². The van der Waals surface area contributed by atoms with Gasteiger partial charge < -0.3 is 10.6 Å². The van der Waals surface area contributed by atoms with Gasteiger partial charge in [0.1, 0.15) is 0 Å². The van der Waals surface area contributed by atoms with Crippen LogP contribution in [0.4, 0.5) is 11.4 Å². The van der Waals surface area contributed by atoms with Crippen molar-refractivity contribution in [2.75, 3.05) is 17.2 Å². The van der Waals surface area contributed by atoms with E-state index in [0.29, 0.717) is 11.4 Å². The molecule has 0 saturated carbocycles. The molecule has 0 aliphatic carbocycles. The van der Waals surface area contributed by atoms with Gasteiger partial charge in [-0.05, 0) is 48.2 Å². The van der Waals surface area contributed by atoms with E-state index in [2.05, 4.69) is 0 Å². The number of fused-ring (bicyclic) bond motifs is 1. The third kappa shape index (κ3) is 2.88. The molecular weight excluding hydrogens is 284 g/mol. The highest BCUT2D eigenvalue weighted by atomic mass is 35.5. The van der Waals surface area contributed by atoms with Crippen LogP contribution in [0.15, 0.2) is 42.5 Å². The first-order chi connectivity index (χ1) is 10.1. The summed E-state index contributed by atoms with van der Waals surface area (Å²) in [5.41, 5.74) is 9.82. The van der Waals surface area contributed by atoms with Gasteiger partial charge in [0.05, 0.1) is 6.42 Å². The molecule has 0 bridgehead atoms. The summed E-state index contributed by atoms with van der Waals surface area (Å²) in [6.07, 6.45) is 2.27. The minimum Gasteiger partial charge on any atom is -0.398 e. The molecule has 0 aromatic heterocycles. The van der Waals surface area contributed by atoms with Gasteiger partial charge in [-0.2, -0.15) is 0 Å². The van der Waals surface area contributed by atoms with Crippen LogP contribution in [0.2, 0.25) is 5.02 Å². The number of halogens is 1. The Morgan fingerprint density at radius 2 is 1.95 bits per heavy atom. The second-order valence-corrected chi connectivity index (χ2v) is 5.73. The number of benzene rings is 2. The summed E-state index contributed by atoms with van der Waals surface area (Å²) < 4.78 is 0. The number of nitrogen functional groups attached to an aromatic ring is 1. The Labute approximate surface area is 129 Å². The van der Waals surface area contributed by atoms with Crippen LogP contribution >= 0.6 is 11.6 Å². The molecule has 1 heterocycles. The summed E-state index contributed by atoms with van der Waals surface area (Å²) in [7, 11) is 0. The lowest BCUT2D eigenvalue weighted by Gasteiger charge is -2.30. The van der Waals surface area contributed by atoms with E-state index in [1.807, 2.05) is 47.4 Å². The Bertz CT molecular complexity index is 667. The Balaban J connectivity index is 1.83. The van der Waals surface area contributed by atoms with E-state index in [-0.39, 0.29) is 5.91 Å². The van der Waals surface area contributed by atoms with Crippen molar-refractivity contribution in [1.29, 1.82) is 0 Å². The maximum atomic E-state index is 12.6. The molecule has 2 aromatic carbocycles. The lowest BCUT2D eigenvalue weighted by atomic mass is 9.99. The van der Waals surface area contributed by atoms with Crippen LogP contribution in [0.3, 0.4) is 0 Å². The topological polar surface area (TPSA) is 46.3 Å². The number of hydrogen-bond acceptors (Lipinski definition) is 2. The number of amides is 1. The summed E-state index contributed by atoms with van der Waals surface area (Å²) in [6, 6.07) is 13.2. The van der Waals surface area contributed by atoms with Gasteiger partial charge in [0.25, 0.3) is 0 Å². The van der Waals surface area contributed by atoms with Crippen LogP contribution in [0.1, 0.15) is 17.5 Å². The van der Waals surface area contributed by atoms with Gasteiger partial charge in [-0.25, -0.2) is 0 Å². The Morgan fingerprint density at radius 3 is 2.71 bits per heavy atom. The fraction of sp³-hybridized carbons (Fsp3) is 0.235. The van der Waals surface area contributed by atoms with Crippen molar-refractivity contribution < 1.29 is 4.79 Å². The second kappa shape index (κ2) is 5.78. The van der Waals surface area contributed by atoms with Gasteiger partial charge in [-0.3, -0.25) is 4.79 Å². The van der Waals surface area contributed by atoms with Crippen molar-refractivity contribution in [3.8, 4) is 0 Å². The highest BCUT2D eigenvalue weighted by Crippen LogP contribution is 2.31. The molecule has 0 unspecified atom stereocenters. The molecule has 2 aromatic rings. The van der Waals surface area contributed by atoms with E-state index >= 15 is 0 Å². The van der Waals surface area contributed by atoms with Crippen LogP contribution in [0.25, 0.3) is 0 Å². The lowest BCUT2D eigenvalue weighted by molar-refractivity contribution is -0.118. The van der Waals surface area contributed by atoms with Crippen molar-refractivity contribution in [3.05, 3.63) is 58.6 Å². The lowest BCUT2D eigenvalue weighted by Crippen LogP contribution is -2.36. The summed E-state index contributed by atoms with van der Waals surface area (Å²) in [5, 5.41) is 0.683. The number of nitrogens with zero attached hydrogens (tertiary/aromatic N) is 1. The highest BCUT2D eigenvalue weighted by Gasteiger charge is 2.23. The fourth-order valence-corrected chi connectivity index (χ4v) is 2.91. The highest BCUT2D eigenvalue weighted by molar-refractivity contribution is 6.30. The first kappa shape index (κ1) is 14.0. The number of hydrogen-bond donors (Lipinski definition) is 1. The van der Waals surface area contributed by atoms with Crippen molar-refractivity contribution in [1.82, 2.24) is 0 Å². The average molecular weight is 301 g/mol. The molecule has 0 spiro atoms. The molecule has 0 fully saturated rings. The molecule has 0 radical (unpaired) electrons. The van der Waals surface area contributed by atoms with Gasteiger partial charge >= 0.3 is 0 Å². The van der Waals surface area contributed by atoms with Crippen LogP contribution in [-0.4, -0.2) is 12.5 Å². The van der Waals surface area contributed by atoms with Gasteiger partial charge in [-0.15, -0.1) is 0 Å². The molecule has 3 nitrogen and oxygen atoms in total. The predicted octanol–water partition coefficient (Wildman–Crippen LogP) is 3.44. The molecule has 0 saturated heterocycles. The van der Waals surface area contributed by atoms with Gasteiger partial charge in [0, 0.05) is 22.9 Å². The Hall–Kier alpha value is -2.00. The molecule has 1 aliphatic heterocycles.